The molecule has 0 aliphatic heterocycles. The van der Waals surface area contributed by atoms with E-state index in [0.717, 1.165) is 0 Å². The molecule has 2 atom stereocenters. The maximum atomic E-state index is 8.59. The molecule has 0 aromatic heterocycles. The van der Waals surface area contributed by atoms with Crippen LogP contribution in [0.3, 0.4) is 0 Å². The Hall–Kier alpha value is 1.25. The van der Waals surface area contributed by atoms with Gasteiger partial charge in [0.05, 0.1) is 0 Å². The molecule has 5 heavy (non-hydrogen) atoms. The van der Waals surface area contributed by atoms with Crippen LogP contribution in [0, 0.1) is 0 Å². The molecular weight excluding hydrogens is 121 g/mol. The third-order valence-corrected chi connectivity index (χ3v) is 0. The Labute approximate surface area is 37.2 Å². The van der Waals surface area contributed by atoms with Gasteiger partial charge in [-0.1, -0.05) is 0 Å². The van der Waals surface area contributed by atoms with Crippen molar-refractivity contribution in [2.24, 2.45) is 0 Å². The summed E-state index contributed by atoms with van der Waals surface area (Å²) in [4.78, 5) is 8.59. The second kappa shape index (κ2) is 1.80. The van der Waals surface area contributed by atoms with Crippen molar-refractivity contribution in [3.05, 3.63) is 0 Å². The number of hydrogen-bond donors (Lipinski definition) is 1. The zero-order valence-corrected chi connectivity index (χ0v) is 6.41. The van der Waals surface area contributed by atoms with E-state index in [2.05, 4.69) is 17.9 Å². The van der Waals surface area contributed by atoms with Crippen LogP contribution in [0.25, 0.3) is 0 Å². The molecule has 0 amide bonds. The zero-order chi connectivity index (χ0) is 4.50. The van der Waals surface area contributed by atoms with Crippen LogP contribution >= 0.6 is 24.7 Å². The molecule has 0 saturated heterocycles. The summed E-state index contributed by atoms with van der Waals surface area (Å²) >= 11 is 0. The second-order valence-corrected chi connectivity index (χ2v) is 12.7. The molecule has 0 aliphatic rings. The summed E-state index contributed by atoms with van der Waals surface area (Å²) in [7, 11) is 4.75. The van der Waals surface area contributed by atoms with Crippen molar-refractivity contribution >= 4 is 24.7 Å². The van der Waals surface area contributed by atoms with Crippen molar-refractivity contribution in [1.29, 1.82) is 0 Å². The van der Waals surface area contributed by atoms with Crippen molar-refractivity contribution < 1.29 is 4.89 Å². The van der Waals surface area contributed by atoms with E-state index in [1.807, 2.05) is 6.66 Å². The summed E-state index contributed by atoms with van der Waals surface area (Å²) in [6.45, 7) is 0.0301. The summed E-state index contributed by atoms with van der Waals surface area (Å²) in [5.74, 6) is 0. The summed E-state index contributed by atoms with van der Waals surface area (Å²) in [5, 5.41) is 0. The minimum atomic E-state index is -1.78. The maximum absolute atomic E-state index is 8.59. The van der Waals surface area contributed by atoms with Gasteiger partial charge < -0.3 is 0 Å². The van der Waals surface area contributed by atoms with Crippen LogP contribution < -0.4 is 0 Å². The van der Waals surface area contributed by atoms with E-state index < -0.39 is 6.87 Å². The fourth-order valence-corrected chi connectivity index (χ4v) is 0. The molecule has 0 fully saturated rings. The summed E-state index contributed by atoms with van der Waals surface area (Å²) in [6, 6.07) is 0. The number of hydrogen-bond acceptors (Lipinski definition) is 1. The molecule has 2 unspecified atom stereocenters. The molecule has 4 heteroatoms. The Morgan fingerprint density at radius 3 is 1.60 bits per heavy atom. The van der Waals surface area contributed by atoms with Gasteiger partial charge in [0, 0.05) is 0 Å². The quantitative estimate of drug-likeness (QED) is 0.482. The van der Waals surface area contributed by atoms with Gasteiger partial charge in [0.2, 0.25) is 0 Å². The first-order chi connectivity index (χ1) is 2.00. The van der Waals surface area contributed by atoms with Crippen LogP contribution in [0.1, 0.15) is 0 Å². The molecule has 0 bridgehead atoms. The normalized spacial score (nSPS) is 15.2. The van der Waals surface area contributed by atoms with E-state index in [9.17, 15) is 0 Å². The molecular formula is CH9OP3. The van der Waals surface area contributed by atoms with Crippen molar-refractivity contribution in [2.45, 2.75) is 0 Å². The van der Waals surface area contributed by atoms with E-state index in [0.29, 0.717) is 0 Å². The summed E-state index contributed by atoms with van der Waals surface area (Å²) in [5.41, 5.74) is 0. The Balaban J connectivity index is 3.02. The van der Waals surface area contributed by atoms with Gasteiger partial charge in [0.15, 0.2) is 0 Å². The Bertz CT molecular complexity index is 22.4. The third-order valence-electron chi connectivity index (χ3n) is 0. The van der Waals surface area contributed by atoms with Crippen LogP contribution in [0.5, 0.6) is 0 Å². The Kier molecular flexibility index (Phi) is 2.26. The first kappa shape index (κ1) is 6.25. The third kappa shape index (κ3) is 35.5. The van der Waals surface area contributed by atoms with Gasteiger partial charge in [0.25, 0.3) is 0 Å². The minimum absolute atomic E-state index is 1.78. The van der Waals surface area contributed by atoms with Crippen LogP contribution in [0.4, 0.5) is 0 Å². The standard InChI is InChI=1S/CH9OP3/c1-5(2,3)4/h2,5H,3-4H2,1H3. The molecule has 0 radical (unpaired) electrons. The van der Waals surface area contributed by atoms with Gasteiger partial charge >= 0.3 is 36.3 Å². The van der Waals surface area contributed by atoms with Crippen molar-refractivity contribution in [3.8, 4) is 0 Å². The van der Waals surface area contributed by atoms with Crippen LogP contribution in [-0.4, -0.2) is 11.6 Å². The van der Waals surface area contributed by atoms with Crippen LogP contribution in [0.15, 0.2) is 0 Å². The predicted molar refractivity (Wildman–Crippen MR) is 35.9 cm³/mol. The SMILES string of the molecule is C[PH](O)(P)P. The van der Waals surface area contributed by atoms with E-state index in [4.69, 9.17) is 4.89 Å². The molecule has 0 aliphatic carbocycles. The van der Waals surface area contributed by atoms with E-state index in [1.165, 1.54) is 0 Å². The van der Waals surface area contributed by atoms with Gasteiger partial charge in [-0.25, -0.2) is 0 Å². The average molecular weight is 130 g/mol. The molecule has 0 aromatic rings. The van der Waals surface area contributed by atoms with E-state index in [-0.39, 0.29) is 0 Å². The second-order valence-electron chi connectivity index (χ2n) is 1.23. The molecule has 0 heterocycles. The fraction of sp³-hybridized carbons (Fsp3) is 1.00. The summed E-state index contributed by atoms with van der Waals surface area (Å²) < 4.78 is 0. The van der Waals surface area contributed by atoms with Gasteiger partial charge in [-0.15, -0.1) is 0 Å². The molecule has 1 nitrogen and oxygen atoms in total. The van der Waals surface area contributed by atoms with Gasteiger partial charge in [-0.05, 0) is 0 Å². The van der Waals surface area contributed by atoms with Crippen LogP contribution in [-0.2, 0) is 0 Å². The van der Waals surface area contributed by atoms with Crippen molar-refractivity contribution in [3.63, 3.8) is 0 Å². The summed E-state index contributed by atoms with van der Waals surface area (Å²) in [6.07, 6.45) is 0. The van der Waals surface area contributed by atoms with Gasteiger partial charge in [0.1, 0.15) is 0 Å². The molecule has 0 spiro atoms. The van der Waals surface area contributed by atoms with E-state index >= 15 is 0 Å². The molecule has 0 saturated carbocycles. The van der Waals surface area contributed by atoms with Crippen molar-refractivity contribution in [1.82, 2.24) is 0 Å². The van der Waals surface area contributed by atoms with Crippen molar-refractivity contribution in [2.75, 3.05) is 6.66 Å². The van der Waals surface area contributed by atoms with Gasteiger partial charge in [-0.3, -0.25) is 0 Å². The van der Waals surface area contributed by atoms with E-state index in [1.54, 1.807) is 0 Å². The first-order valence-corrected chi connectivity index (χ1v) is 7.37. The molecule has 0 rings (SSSR count). The molecule has 0 aromatic carbocycles. The molecule has 34 valence electrons. The number of rotatable bonds is 0. The molecule has 1 N–H and O–H groups in total. The Morgan fingerprint density at radius 2 is 1.60 bits per heavy atom. The fourth-order valence-electron chi connectivity index (χ4n) is 0. The predicted octanol–water partition coefficient (Wildman–Crippen LogP) is 0.854. The monoisotopic (exact) mass is 130 g/mol. The van der Waals surface area contributed by atoms with Crippen LogP contribution in [0.2, 0.25) is 0 Å². The topological polar surface area (TPSA) is 20.2 Å². The van der Waals surface area contributed by atoms with Gasteiger partial charge in [-0.2, -0.15) is 0 Å². The zero-order valence-electron chi connectivity index (χ0n) is 3.10. The first-order valence-electron chi connectivity index (χ1n) is 1.30. The average Bonchev–Trinajstić information content (AvgIpc) is 0.722. The Morgan fingerprint density at radius 1 is 1.60 bits per heavy atom.